The summed E-state index contributed by atoms with van der Waals surface area (Å²) < 4.78 is 10.6. The van der Waals surface area contributed by atoms with E-state index in [0.717, 1.165) is 37.0 Å². The smallest absolute Gasteiger partial charge is 0.193 e. The van der Waals surface area contributed by atoms with Crippen LogP contribution in [0.25, 0.3) is 0 Å². The van der Waals surface area contributed by atoms with Crippen molar-refractivity contribution in [3.63, 3.8) is 0 Å². The average Bonchev–Trinajstić information content (AvgIpc) is 2.59. The van der Waals surface area contributed by atoms with E-state index in [9.17, 15) is 0 Å². The third-order valence-electron chi connectivity index (χ3n) is 3.82. The SMILES string of the molecule is CCCCCNC(=NC)N(C)CCc1ccc(OC)c(OC)c1.I. The van der Waals surface area contributed by atoms with E-state index in [4.69, 9.17) is 9.47 Å². The standard InChI is InChI=1S/C18H31N3O2.HI/c1-6-7-8-12-20-18(19-2)21(3)13-11-15-9-10-16(22-4)17(14-15)23-5;/h9-10,14H,6-8,11-13H2,1-5H3,(H,19,20);1H. The van der Waals surface area contributed by atoms with Gasteiger partial charge in [0.25, 0.3) is 0 Å². The van der Waals surface area contributed by atoms with E-state index in [1.165, 1.54) is 24.8 Å². The second-order valence-electron chi connectivity index (χ2n) is 5.54. The zero-order chi connectivity index (χ0) is 17.1. The fourth-order valence-corrected chi connectivity index (χ4v) is 2.40. The van der Waals surface area contributed by atoms with Crippen LogP contribution in [0.3, 0.4) is 0 Å². The van der Waals surface area contributed by atoms with Crippen molar-refractivity contribution in [1.82, 2.24) is 10.2 Å². The lowest BCUT2D eigenvalue weighted by atomic mass is 10.1. The molecule has 0 atom stereocenters. The van der Waals surface area contributed by atoms with Crippen LogP contribution in [0, 0.1) is 0 Å². The van der Waals surface area contributed by atoms with E-state index in [-0.39, 0.29) is 24.0 Å². The molecule has 1 aromatic rings. The first-order chi connectivity index (χ1) is 11.2. The molecule has 24 heavy (non-hydrogen) atoms. The van der Waals surface area contributed by atoms with E-state index in [0.29, 0.717) is 0 Å². The lowest BCUT2D eigenvalue weighted by Crippen LogP contribution is -2.40. The van der Waals surface area contributed by atoms with Crippen molar-refractivity contribution >= 4 is 29.9 Å². The number of ether oxygens (including phenoxy) is 2. The number of hydrogen-bond acceptors (Lipinski definition) is 3. The van der Waals surface area contributed by atoms with Crippen LogP contribution in [-0.4, -0.2) is 52.3 Å². The number of halogens is 1. The first-order valence-electron chi connectivity index (χ1n) is 8.28. The highest BCUT2D eigenvalue weighted by Gasteiger charge is 2.08. The second kappa shape index (κ2) is 13.1. The number of guanidine groups is 1. The monoisotopic (exact) mass is 449 g/mol. The maximum atomic E-state index is 5.35. The maximum absolute atomic E-state index is 5.35. The molecule has 1 N–H and O–H groups in total. The Morgan fingerprint density at radius 2 is 1.88 bits per heavy atom. The summed E-state index contributed by atoms with van der Waals surface area (Å²) in [6.45, 7) is 4.08. The van der Waals surface area contributed by atoms with Crippen LogP contribution in [0.1, 0.15) is 31.7 Å². The molecule has 0 radical (unpaired) electrons. The number of likely N-dealkylation sites (N-methyl/N-ethyl adjacent to an activating group) is 1. The second-order valence-corrected chi connectivity index (χ2v) is 5.54. The quantitative estimate of drug-likeness (QED) is 0.271. The van der Waals surface area contributed by atoms with Crippen LogP contribution in [0.15, 0.2) is 23.2 Å². The van der Waals surface area contributed by atoms with E-state index in [1.807, 2.05) is 19.2 Å². The number of nitrogens with zero attached hydrogens (tertiary/aromatic N) is 2. The molecule has 1 aromatic carbocycles. The molecule has 6 heteroatoms. The van der Waals surface area contributed by atoms with Crippen LogP contribution in [0.5, 0.6) is 11.5 Å². The zero-order valence-corrected chi connectivity index (χ0v) is 17.9. The van der Waals surface area contributed by atoms with Gasteiger partial charge in [0.05, 0.1) is 14.2 Å². The number of unbranched alkanes of at least 4 members (excludes halogenated alkanes) is 2. The van der Waals surface area contributed by atoms with Crippen molar-refractivity contribution in [2.45, 2.75) is 32.6 Å². The average molecular weight is 449 g/mol. The Balaban J connectivity index is 0.00000529. The van der Waals surface area contributed by atoms with Crippen LogP contribution >= 0.6 is 24.0 Å². The summed E-state index contributed by atoms with van der Waals surface area (Å²) in [6.07, 6.45) is 4.58. The van der Waals surface area contributed by atoms with Crippen molar-refractivity contribution in [1.29, 1.82) is 0 Å². The largest absolute Gasteiger partial charge is 0.493 e. The minimum absolute atomic E-state index is 0. The fourth-order valence-electron chi connectivity index (χ4n) is 2.40. The van der Waals surface area contributed by atoms with Gasteiger partial charge in [-0.25, -0.2) is 0 Å². The molecule has 138 valence electrons. The molecular weight excluding hydrogens is 417 g/mol. The molecule has 0 spiro atoms. The summed E-state index contributed by atoms with van der Waals surface area (Å²) in [7, 11) is 7.21. The van der Waals surface area contributed by atoms with Crippen LogP contribution in [-0.2, 0) is 6.42 Å². The van der Waals surface area contributed by atoms with E-state index in [2.05, 4.69) is 35.2 Å². The maximum Gasteiger partial charge on any atom is 0.193 e. The Labute approximate surface area is 163 Å². The minimum Gasteiger partial charge on any atom is -0.493 e. The fraction of sp³-hybridized carbons (Fsp3) is 0.611. The number of aliphatic imine (C=N–C) groups is 1. The van der Waals surface area contributed by atoms with Crippen LogP contribution in [0.2, 0.25) is 0 Å². The van der Waals surface area contributed by atoms with Gasteiger partial charge < -0.3 is 19.7 Å². The first-order valence-corrected chi connectivity index (χ1v) is 8.28. The molecule has 0 aliphatic rings. The minimum atomic E-state index is 0. The predicted molar refractivity (Wildman–Crippen MR) is 112 cm³/mol. The van der Waals surface area contributed by atoms with Gasteiger partial charge in [0.2, 0.25) is 0 Å². The Morgan fingerprint density at radius 3 is 2.46 bits per heavy atom. The highest BCUT2D eigenvalue weighted by Crippen LogP contribution is 2.27. The van der Waals surface area contributed by atoms with Crippen LogP contribution in [0.4, 0.5) is 0 Å². The summed E-state index contributed by atoms with van der Waals surface area (Å²) in [5.41, 5.74) is 1.22. The number of benzene rings is 1. The Hall–Kier alpha value is -1.18. The highest BCUT2D eigenvalue weighted by molar-refractivity contribution is 14.0. The molecule has 0 saturated carbocycles. The third-order valence-corrected chi connectivity index (χ3v) is 3.82. The highest BCUT2D eigenvalue weighted by atomic mass is 127. The molecular formula is C18H32IN3O2. The summed E-state index contributed by atoms with van der Waals surface area (Å²) in [4.78, 5) is 6.50. The van der Waals surface area contributed by atoms with Gasteiger partial charge >= 0.3 is 0 Å². The van der Waals surface area contributed by atoms with Gasteiger partial charge in [-0.3, -0.25) is 4.99 Å². The molecule has 0 aliphatic carbocycles. The third kappa shape index (κ3) is 7.59. The van der Waals surface area contributed by atoms with Gasteiger partial charge in [0.1, 0.15) is 0 Å². The summed E-state index contributed by atoms with van der Waals surface area (Å²) in [5.74, 6) is 2.48. The Morgan fingerprint density at radius 1 is 1.17 bits per heavy atom. The Kier molecular flexibility index (Phi) is 12.5. The molecule has 0 aromatic heterocycles. The van der Waals surface area contributed by atoms with Crippen molar-refractivity contribution in [2.75, 3.05) is 41.4 Å². The molecule has 0 heterocycles. The molecule has 5 nitrogen and oxygen atoms in total. The van der Waals surface area contributed by atoms with Gasteiger partial charge in [-0.05, 0) is 30.5 Å². The molecule has 0 saturated heterocycles. The van der Waals surface area contributed by atoms with E-state index >= 15 is 0 Å². The van der Waals surface area contributed by atoms with Crippen molar-refractivity contribution in [3.8, 4) is 11.5 Å². The topological polar surface area (TPSA) is 46.1 Å². The van der Waals surface area contributed by atoms with E-state index < -0.39 is 0 Å². The number of hydrogen-bond donors (Lipinski definition) is 1. The van der Waals surface area contributed by atoms with Gasteiger partial charge in [-0.2, -0.15) is 0 Å². The number of nitrogens with one attached hydrogen (secondary N) is 1. The van der Waals surface area contributed by atoms with Crippen molar-refractivity contribution in [3.05, 3.63) is 23.8 Å². The lowest BCUT2D eigenvalue weighted by molar-refractivity contribution is 0.354. The molecule has 0 aliphatic heterocycles. The summed E-state index contributed by atoms with van der Waals surface area (Å²) >= 11 is 0. The summed E-state index contributed by atoms with van der Waals surface area (Å²) in [6, 6.07) is 6.06. The van der Waals surface area contributed by atoms with Gasteiger partial charge in [-0.1, -0.05) is 25.8 Å². The zero-order valence-electron chi connectivity index (χ0n) is 15.6. The molecule has 0 bridgehead atoms. The van der Waals surface area contributed by atoms with Gasteiger partial charge in [0, 0.05) is 27.2 Å². The normalized spacial score (nSPS) is 10.8. The van der Waals surface area contributed by atoms with Crippen molar-refractivity contribution < 1.29 is 9.47 Å². The lowest BCUT2D eigenvalue weighted by Gasteiger charge is -2.22. The Bertz CT molecular complexity index is 495. The molecule has 0 amide bonds. The molecule has 1 rings (SSSR count). The first kappa shape index (κ1) is 22.8. The summed E-state index contributed by atoms with van der Waals surface area (Å²) in [5, 5.41) is 3.41. The van der Waals surface area contributed by atoms with Crippen LogP contribution < -0.4 is 14.8 Å². The number of methoxy groups -OCH3 is 2. The van der Waals surface area contributed by atoms with Gasteiger partial charge in [0.15, 0.2) is 17.5 Å². The van der Waals surface area contributed by atoms with Crippen molar-refractivity contribution in [2.24, 2.45) is 4.99 Å². The molecule has 0 unspecified atom stereocenters. The number of rotatable bonds is 9. The predicted octanol–water partition coefficient (Wildman–Crippen LogP) is 3.56. The molecule has 0 fully saturated rings. The van der Waals surface area contributed by atoms with E-state index in [1.54, 1.807) is 14.2 Å². The van der Waals surface area contributed by atoms with Gasteiger partial charge in [-0.15, -0.1) is 24.0 Å².